The first-order valence-electron chi connectivity index (χ1n) is 2.12. The van der Waals surface area contributed by atoms with Gasteiger partial charge in [-0.15, -0.1) is 0 Å². The van der Waals surface area contributed by atoms with Gasteiger partial charge in [0.2, 0.25) is 0 Å². The monoisotopic (exact) mass is 108 g/mol. The van der Waals surface area contributed by atoms with Gasteiger partial charge in [0.25, 0.3) is 5.91 Å². The van der Waals surface area contributed by atoms with Crippen molar-refractivity contribution in [1.29, 1.82) is 0 Å². The molecule has 0 spiro atoms. The first kappa shape index (κ1) is 4.90. The van der Waals surface area contributed by atoms with Gasteiger partial charge >= 0.3 is 0 Å². The molecule has 0 atom stereocenters. The van der Waals surface area contributed by atoms with Crippen LogP contribution in [0.1, 0.15) is 0 Å². The molecule has 1 aliphatic heterocycles. The normalized spacial score (nSPS) is 16.5. The summed E-state index contributed by atoms with van der Waals surface area (Å²) < 4.78 is 0. The number of rotatable bonds is 1. The molecule has 0 aromatic heterocycles. The van der Waals surface area contributed by atoms with Gasteiger partial charge in [0.15, 0.2) is 5.84 Å². The van der Waals surface area contributed by atoms with Crippen LogP contribution >= 0.6 is 0 Å². The van der Waals surface area contributed by atoms with Crippen LogP contribution in [0.2, 0.25) is 0 Å². The second-order valence-electron chi connectivity index (χ2n) is 1.27. The molecule has 0 saturated carbocycles. The van der Waals surface area contributed by atoms with Crippen molar-refractivity contribution in [2.75, 3.05) is 0 Å². The maximum Gasteiger partial charge on any atom is 0.290 e. The number of nitrogens with zero attached hydrogens (tertiary/aromatic N) is 2. The van der Waals surface area contributed by atoms with E-state index < -0.39 is 0 Å². The highest BCUT2D eigenvalue weighted by atomic mass is 16.1. The lowest BCUT2D eigenvalue weighted by molar-refractivity contribution is -0.111. The van der Waals surface area contributed by atoms with Crippen LogP contribution in [0, 0.1) is 0 Å². The molecular formula is C5H4N2O. The molecule has 0 N–H and O–H groups in total. The Hall–Kier alpha value is -1.25. The van der Waals surface area contributed by atoms with Crippen LogP contribution < -0.4 is 0 Å². The van der Waals surface area contributed by atoms with Crippen molar-refractivity contribution in [2.45, 2.75) is 0 Å². The molecule has 40 valence electrons. The molecule has 0 fully saturated rings. The molecule has 0 aromatic rings. The fraction of sp³-hybridized carbons (Fsp3) is 0. The van der Waals surface area contributed by atoms with Crippen LogP contribution in [0.5, 0.6) is 0 Å². The number of aliphatic imine (C=N–C) groups is 2. The molecule has 8 heavy (non-hydrogen) atoms. The van der Waals surface area contributed by atoms with Crippen LogP contribution in [0.3, 0.4) is 0 Å². The molecule has 0 saturated heterocycles. The Labute approximate surface area is 46.5 Å². The summed E-state index contributed by atoms with van der Waals surface area (Å²) in [6.07, 6.45) is 2.60. The van der Waals surface area contributed by atoms with Crippen molar-refractivity contribution >= 4 is 18.0 Å². The first-order valence-corrected chi connectivity index (χ1v) is 2.12. The van der Waals surface area contributed by atoms with E-state index in [9.17, 15) is 4.79 Å². The number of hydrogen-bond donors (Lipinski definition) is 0. The van der Waals surface area contributed by atoms with Gasteiger partial charge in [0.1, 0.15) is 0 Å². The predicted octanol–water partition coefficient (Wildman–Crippen LogP) is 0.182. The van der Waals surface area contributed by atoms with Gasteiger partial charge in [0.05, 0.1) is 6.21 Å². The number of amides is 1. The molecule has 1 heterocycles. The Morgan fingerprint density at radius 2 is 2.50 bits per heavy atom. The minimum Gasteiger partial charge on any atom is -0.266 e. The highest BCUT2D eigenvalue weighted by Gasteiger charge is 2.01. The Kier molecular flexibility index (Phi) is 1.04. The van der Waals surface area contributed by atoms with E-state index >= 15 is 0 Å². The third-order valence-corrected chi connectivity index (χ3v) is 0.715. The van der Waals surface area contributed by atoms with Crippen LogP contribution in [0.15, 0.2) is 22.6 Å². The lowest BCUT2D eigenvalue weighted by atomic mass is 10.6. The summed E-state index contributed by atoms with van der Waals surface area (Å²) >= 11 is 0. The van der Waals surface area contributed by atoms with E-state index in [2.05, 4.69) is 16.6 Å². The molecule has 0 aliphatic carbocycles. The summed E-state index contributed by atoms with van der Waals surface area (Å²) in [7, 11) is 0. The van der Waals surface area contributed by atoms with Gasteiger partial charge in [0, 0.05) is 0 Å². The summed E-state index contributed by atoms with van der Waals surface area (Å²) in [6, 6.07) is 0. The van der Waals surface area contributed by atoms with E-state index in [4.69, 9.17) is 0 Å². The van der Waals surface area contributed by atoms with Crippen LogP contribution in [0.4, 0.5) is 0 Å². The largest absolute Gasteiger partial charge is 0.290 e. The van der Waals surface area contributed by atoms with E-state index in [1.165, 1.54) is 6.08 Å². The number of carbonyl (C=O) groups is 1. The van der Waals surface area contributed by atoms with Crippen molar-refractivity contribution in [1.82, 2.24) is 0 Å². The quantitative estimate of drug-likeness (QED) is 0.472. The van der Waals surface area contributed by atoms with Crippen LogP contribution in [-0.2, 0) is 4.79 Å². The summed E-state index contributed by atoms with van der Waals surface area (Å²) in [4.78, 5) is 17.3. The van der Waals surface area contributed by atoms with E-state index in [0.717, 1.165) is 6.21 Å². The minimum atomic E-state index is -0.306. The average molecular weight is 108 g/mol. The van der Waals surface area contributed by atoms with Crippen molar-refractivity contribution in [3.63, 3.8) is 0 Å². The van der Waals surface area contributed by atoms with Crippen molar-refractivity contribution in [3.05, 3.63) is 12.7 Å². The molecule has 1 rings (SSSR count). The number of hydrogen-bond acceptors (Lipinski definition) is 2. The molecular weight excluding hydrogens is 104 g/mol. The smallest absolute Gasteiger partial charge is 0.266 e. The Morgan fingerprint density at radius 3 is 2.75 bits per heavy atom. The predicted molar refractivity (Wildman–Crippen MR) is 31.1 cm³/mol. The highest BCUT2D eigenvalue weighted by Crippen LogP contribution is 1.89. The molecule has 3 heteroatoms. The molecule has 0 radical (unpaired) electrons. The number of carbonyl (C=O) groups excluding carboxylic acids is 1. The van der Waals surface area contributed by atoms with Gasteiger partial charge in [-0.25, -0.2) is 4.99 Å². The maximum atomic E-state index is 10.2. The van der Waals surface area contributed by atoms with Crippen LogP contribution in [0.25, 0.3) is 0 Å². The lowest BCUT2D eigenvalue weighted by Crippen LogP contribution is -1.85. The van der Waals surface area contributed by atoms with Gasteiger partial charge < -0.3 is 0 Å². The zero-order valence-corrected chi connectivity index (χ0v) is 4.16. The molecule has 0 unspecified atom stereocenters. The highest BCUT2D eigenvalue weighted by molar-refractivity contribution is 6.36. The summed E-state index contributed by atoms with van der Waals surface area (Å²) in [5, 5.41) is 0. The molecule has 1 aliphatic rings. The van der Waals surface area contributed by atoms with Crippen LogP contribution in [-0.4, -0.2) is 18.0 Å². The molecule has 1 amide bonds. The fourth-order valence-electron chi connectivity index (χ4n) is 0.390. The summed E-state index contributed by atoms with van der Waals surface area (Å²) in [5.41, 5.74) is 0. The molecule has 0 bridgehead atoms. The van der Waals surface area contributed by atoms with E-state index in [1.807, 2.05) is 0 Å². The summed E-state index contributed by atoms with van der Waals surface area (Å²) in [5.74, 6) is 0.0925. The van der Waals surface area contributed by atoms with Gasteiger partial charge in [-0.1, -0.05) is 6.58 Å². The average Bonchev–Trinajstić information content (AvgIpc) is 2.14. The standard InChI is InChI=1S/C5H4N2O/c1-2-4-6-3-5(8)7-4/h2-3H,1H2. The van der Waals surface area contributed by atoms with E-state index in [1.54, 1.807) is 0 Å². The Balaban J connectivity index is 2.87. The van der Waals surface area contributed by atoms with Gasteiger partial charge in [-0.2, -0.15) is 4.99 Å². The second kappa shape index (κ2) is 1.69. The fourth-order valence-corrected chi connectivity index (χ4v) is 0.390. The zero-order valence-electron chi connectivity index (χ0n) is 4.16. The Bertz CT molecular complexity index is 191. The van der Waals surface area contributed by atoms with Gasteiger partial charge in [-0.05, 0) is 6.08 Å². The maximum absolute atomic E-state index is 10.2. The Morgan fingerprint density at radius 1 is 1.75 bits per heavy atom. The third-order valence-electron chi connectivity index (χ3n) is 0.715. The van der Waals surface area contributed by atoms with Crippen molar-refractivity contribution in [2.24, 2.45) is 9.98 Å². The summed E-state index contributed by atoms with van der Waals surface area (Å²) in [6.45, 7) is 3.38. The molecule has 0 aromatic carbocycles. The van der Waals surface area contributed by atoms with E-state index in [0.29, 0.717) is 5.84 Å². The topological polar surface area (TPSA) is 41.8 Å². The first-order chi connectivity index (χ1) is 3.83. The molecule has 3 nitrogen and oxygen atoms in total. The van der Waals surface area contributed by atoms with E-state index in [-0.39, 0.29) is 5.91 Å². The van der Waals surface area contributed by atoms with Gasteiger partial charge in [-0.3, -0.25) is 4.79 Å². The lowest BCUT2D eigenvalue weighted by Gasteiger charge is -1.74. The zero-order chi connectivity index (χ0) is 5.98. The SMILES string of the molecule is C=CC1=NC(=O)C=N1. The van der Waals surface area contributed by atoms with Crippen molar-refractivity contribution in [3.8, 4) is 0 Å². The second-order valence-corrected chi connectivity index (χ2v) is 1.27. The third kappa shape index (κ3) is 0.703. The van der Waals surface area contributed by atoms with Crippen molar-refractivity contribution < 1.29 is 4.79 Å². The minimum absolute atomic E-state index is 0.306. The number of amidine groups is 1.